The first-order valence-electron chi connectivity index (χ1n) is 46.4. The smallest absolute Gasteiger partial charge is 0.160 e. The monoisotopic (exact) mass is 1730 g/mol. The van der Waals surface area contributed by atoms with Gasteiger partial charge in [0.15, 0.2) is 33.5 Å². The SMILES string of the molecule is c1ccc(-c2cc(-c3cccc(-c4ccc5c(c4)oc4c5ccc5c6cc(-c7ccc8oc9cc(-c%10ccc%11c(c%10)oc%10c%11ccc%11c%12cc(-c%13ccccc%13)cc%13c%14ccc%15c%16ccccc%16oc%15c%14n(c%13%12)c%11%10)ccc9c8c7)cc7c8ccc9c%10ccccc%10oc9c8n(c76)c54)c3)cc(-c3cc4c5ccc6c7ccccc7oc6c5n5c4c(c3)c3ccc4c6ccccc6oc4c35)c2)cc1. The van der Waals surface area contributed by atoms with Crippen LogP contribution in [0, 0.1) is 0 Å². The van der Waals surface area contributed by atoms with Gasteiger partial charge in [-0.05, 0) is 248 Å². The van der Waals surface area contributed by atoms with Gasteiger partial charge in [0, 0.05) is 140 Å². The van der Waals surface area contributed by atoms with E-state index >= 15 is 0 Å². The van der Waals surface area contributed by atoms with E-state index in [0.29, 0.717) is 0 Å². The molecule has 10 heteroatoms. The molecule has 0 aliphatic heterocycles. The summed E-state index contributed by atoms with van der Waals surface area (Å²) in [5, 5.41) is 28.6. The lowest BCUT2D eigenvalue weighted by Crippen LogP contribution is -1.87. The normalized spacial score (nSPS) is 12.9. The van der Waals surface area contributed by atoms with Crippen molar-refractivity contribution in [1.82, 2.24) is 13.2 Å². The summed E-state index contributed by atoms with van der Waals surface area (Å²) in [6.07, 6.45) is 0. The van der Waals surface area contributed by atoms with Gasteiger partial charge in [-0.2, -0.15) is 0 Å². The Kier molecular flexibility index (Phi) is 13.0. The third kappa shape index (κ3) is 9.05. The fourth-order valence-electron chi connectivity index (χ4n) is 24.5. The molecule has 0 saturated heterocycles. The van der Waals surface area contributed by atoms with Gasteiger partial charge in [0.2, 0.25) is 0 Å². The van der Waals surface area contributed by atoms with Crippen molar-refractivity contribution in [2.45, 2.75) is 0 Å². The van der Waals surface area contributed by atoms with E-state index in [1.54, 1.807) is 0 Å². The molecule has 0 saturated carbocycles. The van der Waals surface area contributed by atoms with Crippen LogP contribution in [-0.2, 0) is 0 Å². The minimum Gasteiger partial charge on any atom is -0.456 e. The molecule has 34 aromatic rings. The number of hydrogen-bond acceptors (Lipinski definition) is 7. The first kappa shape index (κ1) is 70.5. The van der Waals surface area contributed by atoms with Crippen molar-refractivity contribution in [3.8, 4) is 77.9 Å². The molecule has 624 valence electrons. The second kappa shape index (κ2) is 25.0. The highest BCUT2D eigenvalue weighted by molar-refractivity contribution is 6.37. The molecular formula is C126H63N3O7. The van der Waals surface area contributed by atoms with E-state index in [4.69, 9.17) is 30.9 Å². The van der Waals surface area contributed by atoms with E-state index in [0.717, 1.165) is 324 Å². The predicted molar refractivity (Wildman–Crippen MR) is 559 cm³/mol. The van der Waals surface area contributed by atoms with E-state index in [9.17, 15) is 0 Å². The molecule has 136 heavy (non-hydrogen) atoms. The molecule has 34 rings (SSSR count). The first-order valence-corrected chi connectivity index (χ1v) is 46.4. The summed E-state index contributed by atoms with van der Waals surface area (Å²) in [5.41, 5.74) is 36.8. The average Bonchev–Trinajstić information content (AvgIpc) is 1.52. The Hall–Kier alpha value is -18.4. The Morgan fingerprint density at radius 3 is 0.669 bits per heavy atom. The maximum atomic E-state index is 7.47. The Bertz CT molecular complexity index is 11300. The first-order chi connectivity index (χ1) is 67.4. The molecule has 0 N–H and O–H groups in total. The Morgan fingerprint density at radius 2 is 0.309 bits per heavy atom. The molecule has 21 aromatic carbocycles. The summed E-state index contributed by atoms with van der Waals surface area (Å²) in [5.74, 6) is 0. The molecule has 13 heterocycles. The molecule has 0 spiro atoms. The maximum Gasteiger partial charge on any atom is 0.160 e. The van der Waals surface area contributed by atoms with Crippen LogP contribution in [0.1, 0.15) is 0 Å². The largest absolute Gasteiger partial charge is 0.456 e. The topological polar surface area (TPSA) is 105 Å². The van der Waals surface area contributed by atoms with Gasteiger partial charge in [0.25, 0.3) is 0 Å². The predicted octanol–water partition coefficient (Wildman–Crippen LogP) is 36.1. The lowest BCUT2D eigenvalue weighted by atomic mass is 9.91. The number of hydrogen-bond donors (Lipinski definition) is 0. The quantitative estimate of drug-likeness (QED) is 0.156. The van der Waals surface area contributed by atoms with Crippen LogP contribution in [-0.4, -0.2) is 13.2 Å². The van der Waals surface area contributed by atoms with Gasteiger partial charge in [-0.15, -0.1) is 0 Å². The molecule has 13 aromatic heterocycles. The van der Waals surface area contributed by atoms with Gasteiger partial charge in [0.05, 0.1) is 49.7 Å². The van der Waals surface area contributed by atoms with E-state index in [-0.39, 0.29) is 0 Å². The summed E-state index contributed by atoms with van der Waals surface area (Å²) >= 11 is 0. The summed E-state index contributed by atoms with van der Waals surface area (Å²) in [7, 11) is 0. The zero-order chi connectivity index (χ0) is 87.6. The zero-order valence-electron chi connectivity index (χ0n) is 72.1. The van der Waals surface area contributed by atoms with Crippen LogP contribution >= 0.6 is 0 Å². The average molecular weight is 1730 g/mol. The van der Waals surface area contributed by atoms with Crippen LogP contribution in [0.3, 0.4) is 0 Å². The molecule has 0 amide bonds. The molecule has 0 fully saturated rings. The standard InChI is InChI=1S/C126H63N3O7/c1-3-16-64(17-4-1)72-51-73(53-74(52-72)77-59-102-89-39-45-93-80-24-9-13-28-106(80)133-123(93)117(89)127-114(102)103(60-77)90-40-46-94-81-25-10-14-29-107(81)134-124(94)118(90)127)67-21-15-20-66(50-67)69-30-34-82-95-48-42-88-101-58-76(57-100-87-38-44-92-79-23-8-12-27-105(79)132-122(92)116(87)129(113(100)101)120(88)126(95)135-110(82)62-69)68-33-49-108-97(54-68)84-36-32-70(61-109(84)130-108)71-31-35-83-96-47-41-86-99-56-75(65-18-5-2-6-19-65)55-98-85-37-43-91-78-22-7-11-26-104(78)131-121(91)115(85)128(112(98)99)119(86)125(96)136-111(83)63-71/h1-63H. The Labute approximate surface area is 766 Å². The number of rotatable bonds is 7. The van der Waals surface area contributed by atoms with Crippen molar-refractivity contribution in [2.75, 3.05) is 0 Å². The van der Waals surface area contributed by atoms with E-state index < -0.39 is 0 Å². The lowest BCUT2D eigenvalue weighted by molar-refractivity contribution is 0.668. The molecule has 10 nitrogen and oxygen atoms in total. The van der Waals surface area contributed by atoms with Crippen molar-refractivity contribution in [1.29, 1.82) is 0 Å². The number of furan rings is 7. The fraction of sp³-hybridized carbons (Fsp3) is 0. The van der Waals surface area contributed by atoms with Gasteiger partial charge in [-0.25, -0.2) is 0 Å². The van der Waals surface area contributed by atoms with Gasteiger partial charge < -0.3 is 44.1 Å². The summed E-state index contributed by atoms with van der Waals surface area (Å²) in [6.45, 7) is 0. The van der Waals surface area contributed by atoms with E-state index in [1.165, 1.54) is 21.9 Å². The van der Waals surface area contributed by atoms with Crippen molar-refractivity contribution < 1.29 is 30.9 Å². The van der Waals surface area contributed by atoms with Crippen LogP contribution in [0.25, 0.3) is 346 Å². The van der Waals surface area contributed by atoms with Crippen LogP contribution in [0.4, 0.5) is 0 Å². The lowest BCUT2D eigenvalue weighted by Gasteiger charge is -2.13. The molecule has 0 atom stereocenters. The van der Waals surface area contributed by atoms with Crippen LogP contribution in [0.15, 0.2) is 413 Å². The number of para-hydroxylation sites is 4. The van der Waals surface area contributed by atoms with Gasteiger partial charge >= 0.3 is 0 Å². The highest BCUT2D eigenvalue weighted by atomic mass is 16.4. The minimum atomic E-state index is 0.808. The Balaban J connectivity index is 0.496. The number of fused-ring (bicyclic) bond motifs is 45. The third-order valence-corrected chi connectivity index (χ3v) is 30.5. The summed E-state index contributed by atoms with van der Waals surface area (Å²) < 4.78 is 56.8. The van der Waals surface area contributed by atoms with Crippen LogP contribution in [0.2, 0.25) is 0 Å². The van der Waals surface area contributed by atoms with Crippen molar-refractivity contribution >= 4 is 268 Å². The molecule has 0 aliphatic rings. The summed E-state index contributed by atoms with van der Waals surface area (Å²) in [6, 6.07) is 139. The number of nitrogens with zero attached hydrogens (tertiary/aromatic N) is 3. The third-order valence-electron chi connectivity index (χ3n) is 30.5. The second-order valence-corrected chi connectivity index (χ2v) is 37.5. The molecule has 0 bridgehead atoms. The number of benzene rings is 21. The van der Waals surface area contributed by atoms with E-state index in [1.807, 2.05) is 6.07 Å². The van der Waals surface area contributed by atoms with Gasteiger partial charge in [-0.3, -0.25) is 0 Å². The van der Waals surface area contributed by atoms with Crippen molar-refractivity contribution in [3.63, 3.8) is 0 Å². The van der Waals surface area contributed by atoms with Crippen molar-refractivity contribution in [2.24, 2.45) is 0 Å². The zero-order valence-corrected chi connectivity index (χ0v) is 72.1. The van der Waals surface area contributed by atoms with Crippen LogP contribution in [0.5, 0.6) is 0 Å². The second-order valence-electron chi connectivity index (χ2n) is 37.5. The van der Waals surface area contributed by atoms with Gasteiger partial charge in [0.1, 0.15) is 44.7 Å². The molecule has 0 radical (unpaired) electrons. The molecule has 0 unspecified atom stereocenters. The molecular weight excluding hydrogens is 1670 g/mol. The fourth-order valence-corrected chi connectivity index (χ4v) is 24.5. The van der Waals surface area contributed by atoms with Crippen molar-refractivity contribution in [3.05, 3.63) is 382 Å². The van der Waals surface area contributed by atoms with E-state index in [2.05, 4.69) is 389 Å². The highest BCUT2D eigenvalue weighted by Crippen LogP contribution is 2.55. The highest BCUT2D eigenvalue weighted by Gasteiger charge is 2.32. The Morgan fingerprint density at radius 1 is 0.103 bits per heavy atom. The number of aromatic nitrogens is 3. The minimum absolute atomic E-state index is 0.808. The maximum absolute atomic E-state index is 7.47. The van der Waals surface area contributed by atoms with Gasteiger partial charge in [-0.1, -0.05) is 212 Å². The molecule has 0 aliphatic carbocycles. The van der Waals surface area contributed by atoms with Crippen LogP contribution < -0.4 is 0 Å². The summed E-state index contributed by atoms with van der Waals surface area (Å²) in [4.78, 5) is 0.